The Hall–Kier alpha value is -3.19. The standard InChI is InChI=1S/C23H24ClN7O2/c1-23(13-32)12-27-21-15(10-25)7-14(8-17(21)23)18-4-5-26-22(28-18)29-20-9-19(24)30-31(20)11-16-3-2-6-33-16/h4-5,7-9,16,27,32H,2-3,6,11-13H2,1H3,(H,26,28,29). The van der Waals surface area contributed by atoms with E-state index in [2.05, 4.69) is 31.8 Å². The normalized spacial score (nSPS) is 21.5. The fourth-order valence-electron chi connectivity index (χ4n) is 4.37. The van der Waals surface area contributed by atoms with Crippen LogP contribution in [0.15, 0.2) is 30.5 Å². The molecule has 0 radical (unpaired) electrons. The lowest BCUT2D eigenvalue weighted by Crippen LogP contribution is -2.28. The van der Waals surface area contributed by atoms with E-state index in [1.54, 1.807) is 29.1 Å². The molecule has 2 aromatic heterocycles. The molecule has 2 aliphatic heterocycles. The zero-order valence-electron chi connectivity index (χ0n) is 18.2. The van der Waals surface area contributed by atoms with E-state index in [1.165, 1.54) is 0 Å². The molecule has 2 unspecified atom stereocenters. The highest BCUT2D eigenvalue weighted by Crippen LogP contribution is 2.41. The smallest absolute Gasteiger partial charge is 0.228 e. The van der Waals surface area contributed by atoms with Crippen molar-refractivity contribution in [2.45, 2.75) is 37.8 Å². The second-order valence-corrected chi connectivity index (χ2v) is 9.08. The Kier molecular flexibility index (Phi) is 5.66. The van der Waals surface area contributed by atoms with Crippen molar-refractivity contribution >= 4 is 29.1 Å². The molecule has 0 spiro atoms. The number of anilines is 3. The Balaban J connectivity index is 1.46. The van der Waals surface area contributed by atoms with Crippen molar-refractivity contribution in [2.75, 3.05) is 30.4 Å². The number of ether oxygens (including phenoxy) is 1. The van der Waals surface area contributed by atoms with Crippen LogP contribution in [0.3, 0.4) is 0 Å². The van der Waals surface area contributed by atoms with Crippen LogP contribution in [0.2, 0.25) is 5.15 Å². The first-order chi connectivity index (χ1) is 16.0. The fraction of sp³-hybridized carbons (Fsp3) is 0.391. The highest BCUT2D eigenvalue weighted by Gasteiger charge is 2.36. The second kappa shape index (κ2) is 8.63. The van der Waals surface area contributed by atoms with Gasteiger partial charge in [0.2, 0.25) is 5.95 Å². The monoisotopic (exact) mass is 465 g/mol. The van der Waals surface area contributed by atoms with Gasteiger partial charge in [-0.2, -0.15) is 10.4 Å². The van der Waals surface area contributed by atoms with Crippen molar-refractivity contribution in [2.24, 2.45) is 0 Å². The van der Waals surface area contributed by atoms with Crippen LogP contribution in [0.5, 0.6) is 0 Å². The summed E-state index contributed by atoms with van der Waals surface area (Å²) in [5.74, 6) is 1.07. The van der Waals surface area contributed by atoms with E-state index in [1.807, 2.05) is 13.0 Å². The maximum Gasteiger partial charge on any atom is 0.228 e. The number of nitrogens with zero attached hydrogens (tertiary/aromatic N) is 5. The van der Waals surface area contributed by atoms with Crippen LogP contribution in [0.25, 0.3) is 11.3 Å². The van der Waals surface area contributed by atoms with Crippen molar-refractivity contribution in [3.8, 4) is 17.3 Å². The van der Waals surface area contributed by atoms with Crippen LogP contribution < -0.4 is 10.6 Å². The molecule has 9 nitrogen and oxygen atoms in total. The van der Waals surface area contributed by atoms with E-state index in [9.17, 15) is 10.4 Å². The largest absolute Gasteiger partial charge is 0.395 e. The predicted octanol–water partition coefficient (Wildman–Crippen LogP) is 3.46. The van der Waals surface area contributed by atoms with Gasteiger partial charge in [0.1, 0.15) is 11.9 Å². The zero-order valence-corrected chi connectivity index (χ0v) is 18.9. The van der Waals surface area contributed by atoms with E-state index < -0.39 is 5.41 Å². The molecule has 0 aliphatic carbocycles. The third kappa shape index (κ3) is 4.13. The number of benzene rings is 1. The molecule has 1 aromatic carbocycles. The Morgan fingerprint density at radius 2 is 2.30 bits per heavy atom. The fourth-order valence-corrected chi connectivity index (χ4v) is 4.56. The summed E-state index contributed by atoms with van der Waals surface area (Å²) < 4.78 is 7.49. The number of aliphatic hydroxyl groups excluding tert-OH is 1. The lowest BCUT2D eigenvalue weighted by molar-refractivity contribution is 0.0945. The van der Waals surface area contributed by atoms with Gasteiger partial charge in [0.25, 0.3) is 0 Å². The van der Waals surface area contributed by atoms with Crippen molar-refractivity contribution in [1.82, 2.24) is 19.7 Å². The molecule has 33 heavy (non-hydrogen) atoms. The predicted molar refractivity (Wildman–Crippen MR) is 125 cm³/mol. The molecule has 1 saturated heterocycles. The van der Waals surface area contributed by atoms with Crippen LogP contribution in [-0.2, 0) is 16.7 Å². The van der Waals surface area contributed by atoms with Gasteiger partial charge in [0, 0.05) is 36.4 Å². The van der Waals surface area contributed by atoms with Gasteiger partial charge in [-0.25, -0.2) is 14.6 Å². The van der Waals surface area contributed by atoms with Crippen LogP contribution in [0.1, 0.15) is 30.9 Å². The molecular formula is C23H24ClN7O2. The molecule has 2 atom stereocenters. The highest BCUT2D eigenvalue weighted by atomic mass is 35.5. The number of nitriles is 1. The number of fused-ring (bicyclic) bond motifs is 1. The molecule has 3 N–H and O–H groups in total. The second-order valence-electron chi connectivity index (χ2n) is 8.69. The number of aliphatic hydroxyl groups is 1. The summed E-state index contributed by atoms with van der Waals surface area (Å²) in [6.07, 6.45) is 3.81. The average Bonchev–Trinajstić information content (AvgIpc) is 3.54. The summed E-state index contributed by atoms with van der Waals surface area (Å²) in [6, 6.07) is 9.57. The maximum atomic E-state index is 9.95. The van der Waals surface area contributed by atoms with Crippen molar-refractivity contribution in [1.29, 1.82) is 5.26 Å². The molecule has 0 amide bonds. The Morgan fingerprint density at radius 3 is 3.06 bits per heavy atom. The summed E-state index contributed by atoms with van der Waals surface area (Å²) >= 11 is 6.16. The van der Waals surface area contributed by atoms with E-state index in [4.69, 9.17) is 16.3 Å². The molecular weight excluding hydrogens is 442 g/mol. The first-order valence-electron chi connectivity index (χ1n) is 10.9. The number of nitrogens with one attached hydrogen (secondary N) is 2. The van der Waals surface area contributed by atoms with Gasteiger partial charge in [0.15, 0.2) is 5.15 Å². The quantitative estimate of drug-likeness (QED) is 0.506. The summed E-state index contributed by atoms with van der Waals surface area (Å²) in [7, 11) is 0. The summed E-state index contributed by atoms with van der Waals surface area (Å²) in [6.45, 7) is 3.89. The molecule has 2 aliphatic rings. The average molecular weight is 466 g/mol. The van der Waals surface area contributed by atoms with Crippen molar-refractivity contribution in [3.63, 3.8) is 0 Å². The Bertz CT molecular complexity index is 1230. The minimum atomic E-state index is -0.462. The lowest BCUT2D eigenvalue weighted by Gasteiger charge is -2.21. The van der Waals surface area contributed by atoms with Gasteiger partial charge in [0.05, 0.1) is 36.2 Å². The van der Waals surface area contributed by atoms with Gasteiger partial charge in [-0.15, -0.1) is 0 Å². The number of rotatable bonds is 6. The van der Waals surface area contributed by atoms with E-state index in [0.29, 0.717) is 41.3 Å². The third-order valence-electron chi connectivity index (χ3n) is 6.26. The third-order valence-corrected chi connectivity index (χ3v) is 6.44. The van der Waals surface area contributed by atoms with Crippen molar-refractivity contribution < 1.29 is 9.84 Å². The minimum Gasteiger partial charge on any atom is -0.395 e. The molecule has 4 heterocycles. The number of hydrogen-bond acceptors (Lipinski definition) is 8. The van der Waals surface area contributed by atoms with Crippen LogP contribution in [-0.4, -0.2) is 50.7 Å². The first-order valence-corrected chi connectivity index (χ1v) is 11.3. The molecule has 0 bridgehead atoms. The Labute approximate surface area is 196 Å². The maximum absolute atomic E-state index is 9.95. The number of halogens is 1. The molecule has 1 fully saturated rings. The number of hydrogen-bond donors (Lipinski definition) is 3. The van der Waals surface area contributed by atoms with Gasteiger partial charge >= 0.3 is 0 Å². The topological polar surface area (TPSA) is 121 Å². The van der Waals surface area contributed by atoms with Crippen molar-refractivity contribution in [3.05, 3.63) is 46.7 Å². The van der Waals surface area contributed by atoms with Gasteiger partial charge < -0.3 is 20.5 Å². The van der Waals surface area contributed by atoms with Gasteiger partial charge in [-0.1, -0.05) is 18.5 Å². The van der Waals surface area contributed by atoms with E-state index in [-0.39, 0.29) is 12.7 Å². The van der Waals surface area contributed by atoms with Crippen LogP contribution in [0, 0.1) is 11.3 Å². The number of aromatic nitrogens is 4. The van der Waals surface area contributed by atoms with Gasteiger partial charge in [-0.3, -0.25) is 0 Å². The summed E-state index contributed by atoms with van der Waals surface area (Å²) in [4.78, 5) is 9.01. The van der Waals surface area contributed by atoms with Crippen LogP contribution >= 0.6 is 11.6 Å². The molecule has 0 saturated carbocycles. The molecule has 3 aromatic rings. The molecule has 5 rings (SSSR count). The SMILES string of the molecule is CC1(CO)CNc2c(C#N)cc(-c3ccnc(Nc4cc(Cl)nn4CC4CCCO4)n3)cc21. The highest BCUT2D eigenvalue weighted by molar-refractivity contribution is 6.29. The first kappa shape index (κ1) is 21.6. The Morgan fingerprint density at radius 1 is 1.42 bits per heavy atom. The molecule has 10 heteroatoms. The lowest BCUT2D eigenvalue weighted by atomic mass is 9.83. The van der Waals surface area contributed by atoms with E-state index >= 15 is 0 Å². The zero-order chi connectivity index (χ0) is 23.0. The summed E-state index contributed by atoms with van der Waals surface area (Å²) in [5.41, 5.74) is 3.19. The van der Waals surface area contributed by atoms with Crippen LogP contribution in [0.4, 0.5) is 17.5 Å². The minimum absolute atomic E-state index is 0.0205. The van der Waals surface area contributed by atoms with E-state index in [0.717, 1.165) is 36.3 Å². The summed E-state index contributed by atoms with van der Waals surface area (Å²) in [5, 5.41) is 30.8. The van der Waals surface area contributed by atoms with Gasteiger partial charge in [-0.05, 0) is 36.6 Å². The molecule has 170 valence electrons.